The molecule has 2 aromatic rings. The van der Waals surface area contributed by atoms with Crippen LogP contribution in [0.25, 0.3) is 0 Å². The molecule has 0 aliphatic rings. The molecule has 0 heterocycles. The molecular weight excluding hydrogens is 432 g/mol. The summed E-state index contributed by atoms with van der Waals surface area (Å²) in [5.74, 6) is -1.71. The number of hydrogen-bond acceptors (Lipinski definition) is 6. The lowest BCUT2D eigenvalue weighted by molar-refractivity contribution is -0.146. The number of carbonyl (C=O) groups is 3. The zero-order chi connectivity index (χ0) is 23.5. The number of alkyl carbamates (subject to hydrolysis) is 1. The molecule has 32 heavy (non-hydrogen) atoms. The van der Waals surface area contributed by atoms with Crippen molar-refractivity contribution in [2.45, 2.75) is 37.4 Å². The Kier molecular flexibility index (Phi) is 9.87. The maximum Gasteiger partial charge on any atom is 0.408 e. The molecule has 1 unspecified atom stereocenters. The van der Waals surface area contributed by atoms with Gasteiger partial charge in [-0.05, 0) is 23.6 Å². The Bertz CT molecular complexity index is 921. The average Bonchev–Trinajstić information content (AvgIpc) is 2.81. The summed E-state index contributed by atoms with van der Waals surface area (Å²) in [6.45, 7) is 3.51. The van der Waals surface area contributed by atoms with Crippen molar-refractivity contribution in [3.8, 4) is 0 Å². The predicted octanol–water partition coefficient (Wildman–Crippen LogP) is 2.40. The highest BCUT2D eigenvalue weighted by Crippen LogP contribution is 2.09. The molecule has 0 aromatic heterocycles. The van der Waals surface area contributed by atoms with Crippen LogP contribution in [0, 0.1) is 5.92 Å². The van der Waals surface area contributed by atoms with E-state index in [2.05, 4.69) is 10.6 Å². The van der Waals surface area contributed by atoms with Crippen molar-refractivity contribution in [1.82, 2.24) is 10.6 Å². The molecule has 0 spiro atoms. The Morgan fingerprint density at radius 2 is 1.53 bits per heavy atom. The van der Waals surface area contributed by atoms with Crippen LogP contribution in [-0.2, 0) is 36.5 Å². The van der Waals surface area contributed by atoms with Crippen LogP contribution < -0.4 is 10.6 Å². The van der Waals surface area contributed by atoms with Crippen LogP contribution in [0.15, 0.2) is 65.6 Å². The van der Waals surface area contributed by atoms with Crippen LogP contribution in [0.5, 0.6) is 0 Å². The van der Waals surface area contributed by atoms with E-state index in [1.54, 1.807) is 56.3 Å². The lowest BCUT2D eigenvalue weighted by Crippen LogP contribution is -2.55. The fraction of sp³-hybridized carbons (Fsp3) is 0.348. The van der Waals surface area contributed by atoms with Crippen LogP contribution in [0.1, 0.15) is 19.4 Å². The Morgan fingerprint density at radius 1 is 0.938 bits per heavy atom. The molecule has 3 atom stereocenters. The first kappa shape index (κ1) is 25.1. The zero-order valence-corrected chi connectivity index (χ0v) is 19.1. The van der Waals surface area contributed by atoms with Crippen LogP contribution in [0.2, 0.25) is 0 Å². The Hall–Kier alpha value is -3.20. The van der Waals surface area contributed by atoms with E-state index in [-0.39, 0.29) is 18.3 Å². The van der Waals surface area contributed by atoms with Gasteiger partial charge >= 0.3 is 12.1 Å². The van der Waals surface area contributed by atoms with Crippen molar-refractivity contribution in [3.63, 3.8) is 0 Å². The summed E-state index contributed by atoms with van der Waals surface area (Å²) >= 11 is 0. The van der Waals surface area contributed by atoms with Crippen molar-refractivity contribution in [1.29, 1.82) is 0 Å². The Balaban J connectivity index is 2.12. The molecular formula is C23H28N2O6S. The molecule has 2 amide bonds. The van der Waals surface area contributed by atoms with Gasteiger partial charge in [0.2, 0.25) is 5.91 Å². The molecule has 9 heteroatoms. The number of methoxy groups -OCH3 is 1. The molecule has 2 rings (SSSR count). The van der Waals surface area contributed by atoms with Gasteiger partial charge in [-0.1, -0.05) is 62.4 Å². The number of carbonyl (C=O) groups excluding carboxylic acids is 3. The van der Waals surface area contributed by atoms with Gasteiger partial charge in [0, 0.05) is 4.90 Å². The summed E-state index contributed by atoms with van der Waals surface area (Å²) in [4.78, 5) is 37.8. The van der Waals surface area contributed by atoms with E-state index in [0.29, 0.717) is 4.90 Å². The van der Waals surface area contributed by atoms with Crippen molar-refractivity contribution >= 4 is 28.8 Å². The number of amides is 2. The molecule has 0 bridgehead atoms. The van der Waals surface area contributed by atoms with E-state index in [1.165, 1.54) is 7.11 Å². The second-order valence-corrected chi connectivity index (χ2v) is 8.83. The van der Waals surface area contributed by atoms with Crippen LogP contribution in [0.4, 0.5) is 4.79 Å². The molecule has 2 aromatic carbocycles. The first-order valence-electron chi connectivity index (χ1n) is 10.1. The minimum atomic E-state index is -1.58. The zero-order valence-electron chi connectivity index (χ0n) is 18.3. The molecule has 0 aliphatic carbocycles. The molecule has 172 valence electrons. The van der Waals surface area contributed by atoms with Gasteiger partial charge in [-0.3, -0.25) is 9.00 Å². The van der Waals surface area contributed by atoms with Gasteiger partial charge in [-0.25, -0.2) is 9.59 Å². The predicted molar refractivity (Wildman–Crippen MR) is 120 cm³/mol. The number of esters is 1. The third-order valence-electron chi connectivity index (χ3n) is 4.57. The standard InChI is InChI=1S/C23H28N2O6S/c1-16(2)20(22(27)30-3)25-21(26)19(15-32(29)18-12-8-5-9-13-18)24-23(28)31-14-17-10-6-4-7-11-17/h4-13,16,19-20H,14-15H2,1-3H3,(H,24,28)(H,25,26)/t19-,20+,32?/m0/s1. The SMILES string of the molecule is COC(=O)[C@H](NC(=O)[C@H](CS(=O)c1ccccc1)NC(=O)OCc1ccccc1)C(C)C. The molecule has 0 aliphatic heterocycles. The summed E-state index contributed by atoms with van der Waals surface area (Å²) in [6, 6.07) is 15.6. The third kappa shape index (κ3) is 7.81. The molecule has 0 radical (unpaired) electrons. The third-order valence-corrected chi connectivity index (χ3v) is 6.00. The van der Waals surface area contributed by atoms with E-state index in [4.69, 9.17) is 9.47 Å². The molecule has 8 nitrogen and oxygen atoms in total. The normalized spacial score (nSPS) is 13.5. The highest BCUT2D eigenvalue weighted by molar-refractivity contribution is 7.85. The van der Waals surface area contributed by atoms with Gasteiger partial charge in [0.05, 0.1) is 23.7 Å². The summed E-state index contributed by atoms with van der Waals surface area (Å²) in [7, 11) is -0.349. The van der Waals surface area contributed by atoms with Crippen LogP contribution >= 0.6 is 0 Å². The van der Waals surface area contributed by atoms with Crippen molar-refractivity contribution in [2.24, 2.45) is 5.92 Å². The van der Waals surface area contributed by atoms with E-state index < -0.39 is 40.9 Å². The van der Waals surface area contributed by atoms with Crippen molar-refractivity contribution < 1.29 is 28.1 Å². The molecule has 0 fully saturated rings. The summed E-state index contributed by atoms with van der Waals surface area (Å²) in [5, 5.41) is 5.06. The summed E-state index contributed by atoms with van der Waals surface area (Å²) < 4.78 is 22.7. The number of ether oxygens (including phenoxy) is 2. The van der Waals surface area contributed by atoms with E-state index in [1.807, 2.05) is 18.2 Å². The number of benzene rings is 2. The Morgan fingerprint density at radius 3 is 2.09 bits per heavy atom. The summed E-state index contributed by atoms with van der Waals surface area (Å²) in [6.07, 6.45) is -0.835. The fourth-order valence-corrected chi connectivity index (χ4v) is 3.98. The monoisotopic (exact) mass is 460 g/mol. The Labute approximate surface area is 190 Å². The average molecular weight is 461 g/mol. The minimum Gasteiger partial charge on any atom is -0.467 e. The second kappa shape index (κ2) is 12.6. The number of rotatable bonds is 10. The van der Waals surface area contributed by atoms with Gasteiger partial charge in [-0.2, -0.15) is 0 Å². The van der Waals surface area contributed by atoms with Crippen LogP contribution in [0.3, 0.4) is 0 Å². The van der Waals surface area contributed by atoms with Crippen LogP contribution in [-0.4, -0.2) is 47.1 Å². The van der Waals surface area contributed by atoms with Gasteiger partial charge in [0.1, 0.15) is 18.7 Å². The quantitative estimate of drug-likeness (QED) is 0.527. The maximum atomic E-state index is 12.9. The minimum absolute atomic E-state index is 0.0135. The number of nitrogens with one attached hydrogen (secondary N) is 2. The van der Waals surface area contributed by atoms with Gasteiger partial charge < -0.3 is 20.1 Å². The molecule has 0 saturated heterocycles. The van der Waals surface area contributed by atoms with Gasteiger partial charge in [-0.15, -0.1) is 0 Å². The van der Waals surface area contributed by atoms with Gasteiger partial charge in [0.15, 0.2) is 0 Å². The van der Waals surface area contributed by atoms with E-state index >= 15 is 0 Å². The summed E-state index contributed by atoms with van der Waals surface area (Å²) in [5.41, 5.74) is 0.780. The van der Waals surface area contributed by atoms with E-state index in [0.717, 1.165) is 5.56 Å². The maximum absolute atomic E-state index is 12.9. The lowest BCUT2D eigenvalue weighted by Gasteiger charge is -2.24. The first-order valence-corrected chi connectivity index (χ1v) is 11.4. The smallest absolute Gasteiger partial charge is 0.408 e. The van der Waals surface area contributed by atoms with Crippen molar-refractivity contribution in [3.05, 3.63) is 66.2 Å². The topological polar surface area (TPSA) is 111 Å². The van der Waals surface area contributed by atoms with Crippen molar-refractivity contribution in [2.75, 3.05) is 12.9 Å². The van der Waals surface area contributed by atoms with Gasteiger partial charge in [0.25, 0.3) is 0 Å². The highest BCUT2D eigenvalue weighted by atomic mass is 32.2. The first-order chi connectivity index (χ1) is 15.3. The lowest BCUT2D eigenvalue weighted by atomic mass is 10.0. The fourth-order valence-electron chi connectivity index (χ4n) is 2.79. The highest BCUT2D eigenvalue weighted by Gasteiger charge is 2.31. The molecule has 0 saturated carbocycles. The van der Waals surface area contributed by atoms with E-state index in [9.17, 15) is 18.6 Å². The second-order valence-electron chi connectivity index (χ2n) is 7.34. The largest absolute Gasteiger partial charge is 0.467 e. The molecule has 2 N–H and O–H groups in total. The number of hydrogen-bond donors (Lipinski definition) is 2.